The van der Waals surface area contributed by atoms with Crippen LogP contribution in [0.3, 0.4) is 0 Å². The zero-order valence-corrected chi connectivity index (χ0v) is 14.6. The summed E-state index contributed by atoms with van der Waals surface area (Å²) in [6.45, 7) is 0.0339. The van der Waals surface area contributed by atoms with Crippen molar-refractivity contribution in [1.29, 1.82) is 0 Å². The van der Waals surface area contributed by atoms with E-state index in [0.717, 1.165) is 25.7 Å². The van der Waals surface area contributed by atoms with Gasteiger partial charge >= 0.3 is 5.97 Å². The summed E-state index contributed by atoms with van der Waals surface area (Å²) in [5.74, 6) is 1.08. The number of esters is 1. The molecule has 130 valence electrons. The Kier molecular flexibility index (Phi) is 3.79. The number of benzene rings is 1. The third kappa shape index (κ3) is 2.69. The van der Waals surface area contributed by atoms with Gasteiger partial charge in [-0.25, -0.2) is 4.39 Å². The van der Waals surface area contributed by atoms with Gasteiger partial charge in [-0.2, -0.15) is 0 Å². The van der Waals surface area contributed by atoms with Crippen LogP contribution in [0.2, 0.25) is 0 Å². The van der Waals surface area contributed by atoms with Gasteiger partial charge in [-0.15, -0.1) is 11.6 Å². The zero-order valence-electron chi connectivity index (χ0n) is 13.8. The smallest absolute Gasteiger partial charge is 0.312 e. The van der Waals surface area contributed by atoms with E-state index in [1.165, 1.54) is 25.7 Å². The maximum Gasteiger partial charge on any atom is 0.312 e. The molecule has 4 atom stereocenters. The van der Waals surface area contributed by atoms with Crippen LogP contribution in [0.4, 0.5) is 4.39 Å². The Labute approximate surface area is 146 Å². The molecule has 2 unspecified atom stereocenters. The van der Waals surface area contributed by atoms with Gasteiger partial charge in [0.25, 0.3) is 0 Å². The second kappa shape index (κ2) is 5.62. The molecule has 1 aromatic carbocycles. The summed E-state index contributed by atoms with van der Waals surface area (Å²) in [7, 11) is 1.52. The van der Waals surface area contributed by atoms with Crippen LogP contribution < -0.4 is 4.74 Å². The molecule has 5 rings (SSSR count). The number of ether oxygens (including phenoxy) is 2. The highest BCUT2D eigenvalue weighted by atomic mass is 35.5. The van der Waals surface area contributed by atoms with E-state index in [-0.39, 0.29) is 23.3 Å². The van der Waals surface area contributed by atoms with Crippen LogP contribution in [-0.2, 0) is 16.1 Å². The van der Waals surface area contributed by atoms with E-state index in [1.807, 2.05) is 0 Å². The standard InChI is InChI=1S/C19H22ClFO3/c1-23-16-3-2-15(21)5-14(16)10-24-17(22)18-6-12-4-13(7-18)9-19(20,8-12)11-18/h2-3,5,12-13H,4,6-11H2,1H3/t12-,13+,18?,19?. The SMILES string of the molecule is COc1ccc(F)cc1COC(=O)C12C[C@@H]3C[C@@H](CC(Cl)(C3)C1)C2. The fourth-order valence-corrected chi connectivity index (χ4v) is 6.24. The number of alkyl halides is 1. The van der Waals surface area contributed by atoms with Gasteiger partial charge < -0.3 is 9.47 Å². The number of hydrogen-bond acceptors (Lipinski definition) is 3. The highest BCUT2D eigenvalue weighted by Crippen LogP contribution is 2.64. The molecule has 4 bridgehead atoms. The molecule has 4 saturated carbocycles. The van der Waals surface area contributed by atoms with E-state index in [1.54, 1.807) is 6.07 Å². The largest absolute Gasteiger partial charge is 0.496 e. The van der Waals surface area contributed by atoms with Gasteiger partial charge in [-0.3, -0.25) is 4.79 Å². The fourth-order valence-electron chi connectivity index (χ4n) is 5.55. The van der Waals surface area contributed by atoms with Crippen LogP contribution in [0.1, 0.15) is 44.1 Å². The summed E-state index contributed by atoms with van der Waals surface area (Å²) >= 11 is 6.77. The molecule has 0 radical (unpaired) electrons. The predicted octanol–water partition coefficient (Wildman–Crippen LogP) is 4.46. The molecule has 4 aliphatic rings. The van der Waals surface area contributed by atoms with Crippen molar-refractivity contribution >= 4 is 17.6 Å². The molecule has 3 nitrogen and oxygen atoms in total. The topological polar surface area (TPSA) is 35.5 Å². The lowest BCUT2D eigenvalue weighted by atomic mass is 9.49. The minimum atomic E-state index is -0.438. The minimum Gasteiger partial charge on any atom is -0.496 e. The van der Waals surface area contributed by atoms with Crippen molar-refractivity contribution in [3.63, 3.8) is 0 Å². The summed E-state index contributed by atoms with van der Waals surface area (Å²) in [5, 5.41) is 0. The normalized spacial score (nSPS) is 36.6. The molecule has 0 N–H and O–H groups in total. The zero-order chi connectivity index (χ0) is 16.9. The number of carbonyl (C=O) groups excluding carboxylic acids is 1. The van der Waals surface area contributed by atoms with E-state index < -0.39 is 5.41 Å². The maximum atomic E-state index is 13.5. The first kappa shape index (κ1) is 16.2. The molecule has 0 spiro atoms. The first-order valence-corrected chi connectivity index (χ1v) is 8.98. The van der Waals surface area contributed by atoms with E-state index in [0.29, 0.717) is 29.6 Å². The summed E-state index contributed by atoms with van der Waals surface area (Å²) in [5.41, 5.74) is 0.114. The molecule has 0 saturated heterocycles. The lowest BCUT2D eigenvalue weighted by Gasteiger charge is -2.58. The highest BCUT2D eigenvalue weighted by Gasteiger charge is 2.60. The van der Waals surface area contributed by atoms with Crippen LogP contribution in [0.15, 0.2) is 18.2 Å². The average molecular weight is 353 g/mol. The Morgan fingerprint density at radius 1 is 1.29 bits per heavy atom. The number of rotatable bonds is 4. The third-order valence-corrected chi connectivity index (χ3v) is 6.47. The third-order valence-electron chi connectivity index (χ3n) is 6.02. The van der Waals surface area contributed by atoms with Gasteiger partial charge in [-0.05, 0) is 68.6 Å². The molecule has 0 amide bonds. The second-order valence-electron chi connectivity index (χ2n) is 7.92. The summed E-state index contributed by atoms with van der Waals surface area (Å²) < 4.78 is 24.3. The molecule has 0 aromatic heterocycles. The van der Waals surface area contributed by atoms with E-state index in [4.69, 9.17) is 21.1 Å². The number of methoxy groups -OCH3 is 1. The molecule has 24 heavy (non-hydrogen) atoms. The van der Waals surface area contributed by atoms with E-state index >= 15 is 0 Å². The predicted molar refractivity (Wildman–Crippen MR) is 88.4 cm³/mol. The van der Waals surface area contributed by atoms with Gasteiger partial charge in [0.15, 0.2) is 0 Å². The molecular formula is C19H22ClFO3. The Hall–Kier alpha value is -1.29. The van der Waals surface area contributed by atoms with E-state index in [9.17, 15) is 9.18 Å². The van der Waals surface area contributed by atoms with Crippen molar-refractivity contribution < 1.29 is 18.7 Å². The molecule has 1 aromatic rings. The van der Waals surface area contributed by atoms with Crippen molar-refractivity contribution in [1.82, 2.24) is 0 Å². The number of carbonyl (C=O) groups is 1. The van der Waals surface area contributed by atoms with Crippen LogP contribution in [-0.4, -0.2) is 18.0 Å². The number of hydrogen-bond donors (Lipinski definition) is 0. The molecule has 4 fully saturated rings. The molecule has 5 heteroatoms. The van der Waals surface area contributed by atoms with Crippen LogP contribution >= 0.6 is 11.6 Å². The first-order valence-electron chi connectivity index (χ1n) is 8.60. The highest BCUT2D eigenvalue weighted by molar-refractivity contribution is 6.24. The summed E-state index contributed by atoms with van der Waals surface area (Å²) in [6, 6.07) is 4.24. The lowest BCUT2D eigenvalue weighted by Crippen LogP contribution is -2.56. The Bertz CT molecular complexity index is 661. The van der Waals surface area contributed by atoms with Crippen molar-refractivity contribution in [2.75, 3.05) is 7.11 Å². The first-order chi connectivity index (χ1) is 11.4. The molecule has 0 heterocycles. The number of halogens is 2. The van der Waals surface area contributed by atoms with Gasteiger partial charge in [0, 0.05) is 10.4 Å². The van der Waals surface area contributed by atoms with Gasteiger partial charge in [-0.1, -0.05) is 0 Å². The van der Waals surface area contributed by atoms with Crippen LogP contribution in [0.25, 0.3) is 0 Å². The molecule has 4 aliphatic carbocycles. The monoisotopic (exact) mass is 352 g/mol. The van der Waals surface area contributed by atoms with Crippen LogP contribution in [0.5, 0.6) is 5.75 Å². The van der Waals surface area contributed by atoms with Crippen molar-refractivity contribution in [3.05, 3.63) is 29.6 Å². The van der Waals surface area contributed by atoms with E-state index in [2.05, 4.69) is 0 Å². The average Bonchev–Trinajstić information content (AvgIpc) is 2.50. The minimum absolute atomic E-state index is 0.0339. The quantitative estimate of drug-likeness (QED) is 0.593. The summed E-state index contributed by atoms with van der Waals surface area (Å²) in [4.78, 5) is 12.7. The molecule has 0 aliphatic heterocycles. The second-order valence-corrected chi connectivity index (χ2v) is 8.73. The Balaban J connectivity index is 1.50. The summed E-state index contributed by atoms with van der Waals surface area (Å²) in [6.07, 6.45) is 5.73. The van der Waals surface area contributed by atoms with Gasteiger partial charge in [0.1, 0.15) is 18.2 Å². The fraction of sp³-hybridized carbons (Fsp3) is 0.632. The van der Waals surface area contributed by atoms with Gasteiger partial charge in [0.2, 0.25) is 0 Å². The van der Waals surface area contributed by atoms with Crippen molar-refractivity contribution in [2.45, 2.75) is 50.0 Å². The van der Waals surface area contributed by atoms with Crippen molar-refractivity contribution in [2.24, 2.45) is 17.3 Å². The lowest BCUT2D eigenvalue weighted by molar-refractivity contribution is -0.171. The Morgan fingerprint density at radius 2 is 2.00 bits per heavy atom. The van der Waals surface area contributed by atoms with Crippen molar-refractivity contribution in [3.8, 4) is 5.75 Å². The van der Waals surface area contributed by atoms with Gasteiger partial charge in [0.05, 0.1) is 12.5 Å². The maximum absolute atomic E-state index is 13.5. The molecular weight excluding hydrogens is 331 g/mol. The van der Waals surface area contributed by atoms with Crippen LogP contribution in [0, 0.1) is 23.1 Å². The Morgan fingerprint density at radius 3 is 2.62 bits per heavy atom.